The highest BCUT2D eigenvalue weighted by Gasteiger charge is 2.24. The van der Waals surface area contributed by atoms with Crippen LogP contribution in [-0.4, -0.2) is 36.1 Å². The summed E-state index contributed by atoms with van der Waals surface area (Å²) < 4.78 is 5.99. The Hall–Kier alpha value is -1.91. The Morgan fingerprint density at radius 2 is 1.88 bits per heavy atom. The summed E-state index contributed by atoms with van der Waals surface area (Å²) in [6.45, 7) is 5.11. The third-order valence-corrected chi connectivity index (χ3v) is 5.06. The fourth-order valence-electron chi connectivity index (χ4n) is 3.77. The molecule has 1 atom stereocenters. The summed E-state index contributed by atoms with van der Waals surface area (Å²) >= 11 is 0. The molecule has 1 unspecified atom stereocenters. The van der Waals surface area contributed by atoms with E-state index in [4.69, 9.17) is 4.74 Å². The van der Waals surface area contributed by atoms with Gasteiger partial charge in [0.05, 0.1) is 11.7 Å². The van der Waals surface area contributed by atoms with E-state index < -0.39 is 0 Å². The summed E-state index contributed by atoms with van der Waals surface area (Å²) in [6.07, 6.45) is 5.92. The van der Waals surface area contributed by atoms with E-state index >= 15 is 0 Å². The van der Waals surface area contributed by atoms with Gasteiger partial charge in [0.15, 0.2) is 0 Å². The quantitative estimate of drug-likeness (QED) is 0.938. The topological polar surface area (TPSA) is 37.4 Å². The predicted octanol–water partition coefficient (Wildman–Crippen LogP) is 3.14. The largest absolute Gasteiger partial charge is 0.487 e. The molecule has 4 heteroatoms. The molecule has 0 amide bonds. The van der Waals surface area contributed by atoms with E-state index in [2.05, 4.69) is 39.5 Å². The highest BCUT2D eigenvalue weighted by atomic mass is 16.5. The highest BCUT2D eigenvalue weighted by molar-refractivity contribution is 5.44. The van der Waals surface area contributed by atoms with Crippen molar-refractivity contribution in [3.63, 3.8) is 0 Å². The van der Waals surface area contributed by atoms with Crippen molar-refractivity contribution in [1.82, 2.24) is 15.2 Å². The molecule has 2 aliphatic rings. The summed E-state index contributed by atoms with van der Waals surface area (Å²) in [7, 11) is 0. The zero-order valence-corrected chi connectivity index (χ0v) is 14.1. The minimum Gasteiger partial charge on any atom is -0.487 e. The highest BCUT2D eigenvalue weighted by Crippen LogP contribution is 2.34. The Balaban J connectivity index is 1.54. The molecule has 126 valence electrons. The van der Waals surface area contributed by atoms with Crippen molar-refractivity contribution < 1.29 is 4.74 Å². The van der Waals surface area contributed by atoms with Gasteiger partial charge in [-0.3, -0.25) is 4.98 Å². The van der Waals surface area contributed by atoms with Crippen LogP contribution in [0.15, 0.2) is 42.6 Å². The molecular weight excluding hydrogens is 298 g/mol. The van der Waals surface area contributed by atoms with Crippen molar-refractivity contribution in [2.45, 2.75) is 31.9 Å². The number of nitrogens with one attached hydrogen (secondary N) is 1. The first-order valence-corrected chi connectivity index (χ1v) is 9.03. The van der Waals surface area contributed by atoms with Gasteiger partial charge in [-0.15, -0.1) is 0 Å². The van der Waals surface area contributed by atoms with Crippen LogP contribution in [0.5, 0.6) is 5.75 Å². The number of pyridine rings is 1. The molecule has 2 aromatic rings. The van der Waals surface area contributed by atoms with Gasteiger partial charge < -0.3 is 15.0 Å². The van der Waals surface area contributed by atoms with Crippen LogP contribution in [0.3, 0.4) is 0 Å². The lowest BCUT2D eigenvalue weighted by Crippen LogP contribution is -2.37. The molecule has 0 spiro atoms. The summed E-state index contributed by atoms with van der Waals surface area (Å²) in [6, 6.07) is 12.7. The third-order valence-electron chi connectivity index (χ3n) is 5.06. The first kappa shape index (κ1) is 15.6. The molecule has 0 saturated carbocycles. The zero-order valence-electron chi connectivity index (χ0n) is 14.1. The number of aromatic nitrogens is 1. The van der Waals surface area contributed by atoms with Gasteiger partial charge >= 0.3 is 0 Å². The maximum absolute atomic E-state index is 5.99. The van der Waals surface area contributed by atoms with Gasteiger partial charge in [0.2, 0.25) is 0 Å². The van der Waals surface area contributed by atoms with E-state index in [0.29, 0.717) is 6.61 Å². The average molecular weight is 323 g/mol. The minimum absolute atomic E-state index is 0.150. The van der Waals surface area contributed by atoms with Crippen LogP contribution in [0.4, 0.5) is 0 Å². The lowest BCUT2D eigenvalue weighted by atomic mass is 9.97. The van der Waals surface area contributed by atoms with E-state index in [1.54, 1.807) is 0 Å². The number of para-hydroxylation sites is 1. The standard InChI is InChI=1S/C20H25N3O/c1-4-12-23(13-5-1)14-11-22-20-16-8-6-10-21-18(16)15-24-19-9-3-2-7-17(19)20/h2-3,6-10,20,22H,1,4-5,11-15H2. The second-order valence-corrected chi connectivity index (χ2v) is 6.66. The lowest BCUT2D eigenvalue weighted by molar-refractivity contribution is 0.227. The van der Waals surface area contributed by atoms with Crippen LogP contribution in [0.25, 0.3) is 0 Å². The normalized spacial score (nSPS) is 20.6. The molecule has 3 heterocycles. The van der Waals surface area contributed by atoms with Crippen LogP contribution in [-0.2, 0) is 6.61 Å². The Morgan fingerprint density at radius 1 is 1.04 bits per heavy atom. The maximum atomic E-state index is 5.99. The van der Waals surface area contributed by atoms with Crippen molar-refractivity contribution in [1.29, 1.82) is 0 Å². The molecule has 2 aliphatic heterocycles. The number of likely N-dealkylation sites (tertiary alicyclic amines) is 1. The molecule has 1 N–H and O–H groups in total. The smallest absolute Gasteiger partial charge is 0.131 e. The number of rotatable bonds is 4. The number of hydrogen-bond acceptors (Lipinski definition) is 4. The predicted molar refractivity (Wildman–Crippen MR) is 95.1 cm³/mol. The monoisotopic (exact) mass is 323 g/mol. The second kappa shape index (κ2) is 7.32. The van der Waals surface area contributed by atoms with Gasteiger partial charge in [-0.25, -0.2) is 0 Å². The zero-order chi connectivity index (χ0) is 16.2. The summed E-state index contributed by atoms with van der Waals surface area (Å²) in [4.78, 5) is 7.10. The third kappa shape index (κ3) is 3.30. The van der Waals surface area contributed by atoms with Crippen molar-refractivity contribution >= 4 is 0 Å². The minimum atomic E-state index is 0.150. The van der Waals surface area contributed by atoms with E-state index in [1.165, 1.54) is 43.5 Å². The number of benzene rings is 1. The molecule has 0 radical (unpaired) electrons. The van der Waals surface area contributed by atoms with E-state index in [0.717, 1.165) is 24.5 Å². The lowest BCUT2D eigenvalue weighted by Gasteiger charge is -2.28. The van der Waals surface area contributed by atoms with Crippen molar-refractivity contribution in [3.8, 4) is 5.75 Å². The number of fused-ring (bicyclic) bond motifs is 2. The summed E-state index contributed by atoms with van der Waals surface area (Å²) in [5.74, 6) is 0.964. The van der Waals surface area contributed by atoms with Gasteiger partial charge in [-0.05, 0) is 43.6 Å². The summed E-state index contributed by atoms with van der Waals surface area (Å²) in [5.41, 5.74) is 3.48. The van der Waals surface area contributed by atoms with Gasteiger partial charge in [0, 0.05) is 24.8 Å². The van der Waals surface area contributed by atoms with E-state index in [9.17, 15) is 0 Å². The summed E-state index contributed by atoms with van der Waals surface area (Å²) in [5, 5.41) is 3.76. The van der Waals surface area contributed by atoms with Crippen LogP contribution in [0.2, 0.25) is 0 Å². The Kier molecular flexibility index (Phi) is 4.76. The molecule has 24 heavy (non-hydrogen) atoms. The number of hydrogen-bond donors (Lipinski definition) is 1. The average Bonchev–Trinajstić information content (AvgIpc) is 2.80. The van der Waals surface area contributed by atoms with Crippen LogP contribution in [0, 0.1) is 0 Å². The Morgan fingerprint density at radius 3 is 2.79 bits per heavy atom. The van der Waals surface area contributed by atoms with E-state index in [1.807, 2.05) is 18.3 Å². The number of nitrogens with zero attached hydrogens (tertiary/aromatic N) is 2. The van der Waals surface area contributed by atoms with Crippen LogP contribution < -0.4 is 10.1 Å². The van der Waals surface area contributed by atoms with Gasteiger partial charge in [-0.1, -0.05) is 30.7 Å². The van der Waals surface area contributed by atoms with Gasteiger partial charge in [-0.2, -0.15) is 0 Å². The Bertz CT molecular complexity index is 635. The van der Waals surface area contributed by atoms with Crippen LogP contribution >= 0.6 is 0 Å². The van der Waals surface area contributed by atoms with Crippen molar-refractivity contribution in [3.05, 3.63) is 59.4 Å². The first-order chi connectivity index (χ1) is 11.9. The molecule has 0 aliphatic carbocycles. The molecule has 1 fully saturated rings. The molecule has 4 rings (SSSR count). The molecule has 1 saturated heterocycles. The molecular formula is C20H25N3O. The molecule has 1 aromatic heterocycles. The number of ether oxygens (including phenoxy) is 1. The molecule has 4 nitrogen and oxygen atoms in total. The molecule has 1 aromatic carbocycles. The molecule has 0 bridgehead atoms. The van der Waals surface area contributed by atoms with E-state index in [-0.39, 0.29) is 6.04 Å². The fraction of sp³-hybridized carbons (Fsp3) is 0.450. The second-order valence-electron chi connectivity index (χ2n) is 6.66. The number of piperidine rings is 1. The maximum Gasteiger partial charge on any atom is 0.131 e. The fourth-order valence-corrected chi connectivity index (χ4v) is 3.77. The SMILES string of the molecule is c1ccc2c(c1)OCc1ncccc1C2NCCN1CCCCC1. The Labute approximate surface area is 143 Å². The van der Waals surface area contributed by atoms with Crippen molar-refractivity contribution in [2.75, 3.05) is 26.2 Å². The van der Waals surface area contributed by atoms with Crippen molar-refractivity contribution in [2.24, 2.45) is 0 Å². The van der Waals surface area contributed by atoms with Gasteiger partial charge in [0.1, 0.15) is 12.4 Å². The first-order valence-electron chi connectivity index (χ1n) is 9.03. The van der Waals surface area contributed by atoms with Crippen LogP contribution in [0.1, 0.15) is 42.1 Å². The van der Waals surface area contributed by atoms with Gasteiger partial charge in [0.25, 0.3) is 0 Å².